The summed E-state index contributed by atoms with van der Waals surface area (Å²) < 4.78 is 16.5. The Morgan fingerprint density at radius 2 is 2.30 bits per heavy atom. The van der Waals surface area contributed by atoms with Crippen molar-refractivity contribution >= 4 is 17.5 Å². The fourth-order valence-electron chi connectivity index (χ4n) is 2.45. The van der Waals surface area contributed by atoms with Gasteiger partial charge < -0.3 is 25.3 Å². The number of benzene rings is 1. The van der Waals surface area contributed by atoms with Crippen LogP contribution < -0.4 is 20.5 Å². The van der Waals surface area contributed by atoms with Crippen LogP contribution >= 0.6 is 11.6 Å². The second kappa shape index (κ2) is 8.96. The van der Waals surface area contributed by atoms with E-state index in [0.717, 1.165) is 31.6 Å². The molecule has 7 heteroatoms. The Balaban J connectivity index is 2.00. The molecule has 0 aliphatic carbocycles. The van der Waals surface area contributed by atoms with Crippen LogP contribution in [0.4, 0.5) is 0 Å². The third kappa shape index (κ3) is 5.57. The number of carbonyl (C=O) groups excluding carboxylic acids is 1. The molecule has 1 aliphatic heterocycles. The highest BCUT2D eigenvalue weighted by molar-refractivity contribution is 6.32. The van der Waals surface area contributed by atoms with E-state index in [1.807, 2.05) is 13.0 Å². The predicted octanol–water partition coefficient (Wildman–Crippen LogP) is 1.87. The lowest BCUT2D eigenvalue weighted by molar-refractivity contribution is -0.119. The molecule has 0 spiro atoms. The fraction of sp³-hybridized carbons (Fsp3) is 0.562. The molecular formula is C16H23ClN2O4. The van der Waals surface area contributed by atoms with E-state index in [-0.39, 0.29) is 12.7 Å². The van der Waals surface area contributed by atoms with Gasteiger partial charge >= 0.3 is 0 Å². The first-order valence-electron chi connectivity index (χ1n) is 7.78. The fourth-order valence-corrected chi connectivity index (χ4v) is 2.74. The number of halogens is 1. The van der Waals surface area contributed by atoms with Gasteiger partial charge in [0.2, 0.25) is 0 Å². The van der Waals surface area contributed by atoms with Gasteiger partial charge in [-0.25, -0.2) is 0 Å². The minimum absolute atomic E-state index is 0.240. The summed E-state index contributed by atoms with van der Waals surface area (Å²) in [7, 11) is 0. The number of carbonyl (C=O) groups is 1. The van der Waals surface area contributed by atoms with Crippen LogP contribution in [0.3, 0.4) is 0 Å². The zero-order valence-corrected chi connectivity index (χ0v) is 14.0. The van der Waals surface area contributed by atoms with Gasteiger partial charge in [0.25, 0.3) is 5.91 Å². The number of hydrogen-bond acceptors (Lipinski definition) is 5. The summed E-state index contributed by atoms with van der Waals surface area (Å²) in [6.07, 6.45) is 2.51. The van der Waals surface area contributed by atoms with Crippen molar-refractivity contribution in [2.45, 2.75) is 32.4 Å². The van der Waals surface area contributed by atoms with Crippen molar-refractivity contribution < 1.29 is 19.0 Å². The van der Waals surface area contributed by atoms with Crippen LogP contribution in [0.1, 0.15) is 25.3 Å². The molecule has 1 aromatic carbocycles. The largest absolute Gasteiger partial charge is 0.490 e. The lowest BCUT2D eigenvalue weighted by atomic mass is 10.2. The van der Waals surface area contributed by atoms with Crippen LogP contribution in [0.5, 0.6) is 11.5 Å². The summed E-state index contributed by atoms with van der Waals surface area (Å²) in [6, 6.07) is 3.65. The highest BCUT2D eigenvalue weighted by Crippen LogP contribution is 2.36. The number of hydrogen-bond donors (Lipinski definition) is 2. The first-order valence-corrected chi connectivity index (χ1v) is 8.16. The third-order valence-electron chi connectivity index (χ3n) is 3.45. The van der Waals surface area contributed by atoms with E-state index >= 15 is 0 Å². The zero-order chi connectivity index (χ0) is 16.7. The summed E-state index contributed by atoms with van der Waals surface area (Å²) in [5.74, 6) is 0.288. The van der Waals surface area contributed by atoms with Crippen LogP contribution in [0.2, 0.25) is 5.02 Å². The monoisotopic (exact) mass is 342 g/mol. The van der Waals surface area contributed by atoms with E-state index in [1.165, 1.54) is 0 Å². The normalized spacial score (nSPS) is 17.2. The topological polar surface area (TPSA) is 82.8 Å². The van der Waals surface area contributed by atoms with Crippen LogP contribution in [-0.4, -0.2) is 38.4 Å². The van der Waals surface area contributed by atoms with Crippen molar-refractivity contribution in [3.63, 3.8) is 0 Å². The molecule has 0 saturated carbocycles. The molecule has 3 N–H and O–H groups in total. The van der Waals surface area contributed by atoms with Crippen LogP contribution in [0.25, 0.3) is 0 Å². The number of rotatable bonds is 9. The molecule has 6 nitrogen and oxygen atoms in total. The Morgan fingerprint density at radius 1 is 1.48 bits per heavy atom. The van der Waals surface area contributed by atoms with Gasteiger partial charge in [0.15, 0.2) is 18.1 Å². The van der Waals surface area contributed by atoms with Gasteiger partial charge in [-0.3, -0.25) is 4.79 Å². The predicted molar refractivity (Wildman–Crippen MR) is 88.0 cm³/mol. The van der Waals surface area contributed by atoms with Crippen LogP contribution in [0, 0.1) is 0 Å². The number of nitrogens with two attached hydrogens (primary N) is 1. The van der Waals surface area contributed by atoms with Gasteiger partial charge in [-0.2, -0.15) is 0 Å². The number of amides is 1. The second-order valence-electron chi connectivity index (χ2n) is 5.36. The maximum Gasteiger partial charge on any atom is 0.255 e. The summed E-state index contributed by atoms with van der Waals surface area (Å²) in [6.45, 7) is 4.40. The molecule has 2 rings (SSSR count). The van der Waals surface area contributed by atoms with E-state index in [2.05, 4.69) is 5.32 Å². The van der Waals surface area contributed by atoms with E-state index in [1.54, 1.807) is 6.07 Å². The van der Waals surface area contributed by atoms with E-state index in [9.17, 15) is 4.79 Å². The molecule has 23 heavy (non-hydrogen) atoms. The first-order chi connectivity index (χ1) is 11.1. The molecule has 128 valence electrons. The molecule has 0 bridgehead atoms. The summed E-state index contributed by atoms with van der Waals surface area (Å²) in [5, 5.41) is 3.75. The molecule has 1 aromatic rings. The average Bonchev–Trinajstić information content (AvgIpc) is 3.00. The third-order valence-corrected chi connectivity index (χ3v) is 3.73. The Bertz CT molecular complexity index is 533. The number of ether oxygens (including phenoxy) is 3. The van der Waals surface area contributed by atoms with Gasteiger partial charge in [-0.1, -0.05) is 11.6 Å². The Hall–Kier alpha value is -1.50. The van der Waals surface area contributed by atoms with Crippen LogP contribution in [-0.2, 0) is 16.1 Å². The number of nitrogens with one attached hydrogen (secondary N) is 1. The first kappa shape index (κ1) is 17.8. The van der Waals surface area contributed by atoms with Crippen LogP contribution in [0.15, 0.2) is 12.1 Å². The highest BCUT2D eigenvalue weighted by atomic mass is 35.5. The van der Waals surface area contributed by atoms with Crippen molar-refractivity contribution in [3.05, 3.63) is 22.7 Å². The minimum Gasteiger partial charge on any atom is -0.490 e. The maximum absolute atomic E-state index is 10.9. The smallest absolute Gasteiger partial charge is 0.255 e. The standard InChI is InChI=1S/C16H23ClN2O4/c1-2-21-14-7-11(8-19-9-12-4-3-5-22-12)6-13(17)16(14)23-10-15(18)20/h6-7,12,19H,2-5,8-10H2,1H3,(H2,18,20). The van der Waals surface area contributed by atoms with Crippen molar-refractivity contribution in [1.82, 2.24) is 5.32 Å². The van der Waals surface area contributed by atoms with E-state index in [4.69, 9.17) is 31.5 Å². The highest BCUT2D eigenvalue weighted by Gasteiger charge is 2.16. The quantitative estimate of drug-likeness (QED) is 0.716. The molecule has 1 unspecified atom stereocenters. The van der Waals surface area contributed by atoms with Crippen molar-refractivity contribution in [3.8, 4) is 11.5 Å². The average molecular weight is 343 g/mol. The lowest BCUT2D eigenvalue weighted by Gasteiger charge is -2.15. The molecular weight excluding hydrogens is 320 g/mol. The molecule has 1 atom stereocenters. The van der Waals surface area contributed by atoms with Gasteiger partial charge in [0, 0.05) is 19.7 Å². The van der Waals surface area contributed by atoms with Crippen molar-refractivity contribution in [2.75, 3.05) is 26.4 Å². The zero-order valence-electron chi connectivity index (χ0n) is 13.3. The van der Waals surface area contributed by atoms with Gasteiger partial charge in [-0.15, -0.1) is 0 Å². The number of primary amides is 1. The Kier molecular flexibility index (Phi) is 6.95. The summed E-state index contributed by atoms with van der Waals surface area (Å²) in [4.78, 5) is 10.9. The summed E-state index contributed by atoms with van der Waals surface area (Å²) >= 11 is 6.25. The molecule has 1 amide bonds. The summed E-state index contributed by atoms with van der Waals surface area (Å²) in [5.41, 5.74) is 6.07. The molecule has 1 saturated heterocycles. The van der Waals surface area contributed by atoms with Gasteiger partial charge in [0.1, 0.15) is 0 Å². The SMILES string of the molecule is CCOc1cc(CNCC2CCCO2)cc(Cl)c1OCC(N)=O. The van der Waals surface area contributed by atoms with Gasteiger partial charge in [-0.05, 0) is 37.5 Å². The van der Waals surface area contributed by atoms with E-state index < -0.39 is 5.91 Å². The van der Waals surface area contributed by atoms with Crippen molar-refractivity contribution in [1.29, 1.82) is 0 Å². The molecule has 0 radical (unpaired) electrons. The Labute approximate surface area is 141 Å². The molecule has 1 aliphatic rings. The molecule has 1 heterocycles. The van der Waals surface area contributed by atoms with E-state index in [0.29, 0.717) is 29.7 Å². The maximum atomic E-state index is 10.9. The van der Waals surface area contributed by atoms with Gasteiger partial charge in [0.05, 0.1) is 17.7 Å². The second-order valence-corrected chi connectivity index (χ2v) is 5.77. The Morgan fingerprint density at radius 3 is 2.96 bits per heavy atom. The minimum atomic E-state index is -0.564. The molecule has 1 fully saturated rings. The molecule has 0 aromatic heterocycles. The van der Waals surface area contributed by atoms with Crippen molar-refractivity contribution in [2.24, 2.45) is 5.73 Å². The lowest BCUT2D eigenvalue weighted by Crippen LogP contribution is -2.25.